The lowest BCUT2D eigenvalue weighted by molar-refractivity contribution is -0.144. The molecule has 12 N–H and O–H groups in total. The lowest BCUT2D eigenvalue weighted by Crippen LogP contribution is -2.48. The molecule has 68 heavy (non-hydrogen) atoms. The number of esters is 1. The topological polar surface area (TPSA) is 365 Å². The number of ether oxygens (including phenoxy) is 3. The Morgan fingerprint density at radius 3 is 2.06 bits per heavy atom. The number of fused-ring (bicyclic) bond motifs is 6. The van der Waals surface area contributed by atoms with Crippen LogP contribution in [0.4, 0.5) is 10.5 Å². The predicted molar refractivity (Wildman–Crippen MR) is 238 cm³/mol. The number of hydrogen-bond donors (Lipinski definition) is 11. The zero-order valence-corrected chi connectivity index (χ0v) is 36.7. The van der Waals surface area contributed by atoms with Crippen LogP contribution in [-0.4, -0.2) is 125 Å². The van der Waals surface area contributed by atoms with Gasteiger partial charge in [-0.2, -0.15) is 0 Å². The third-order valence-corrected chi connectivity index (χ3v) is 11.0. The fourth-order valence-electron chi connectivity index (χ4n) is 7.50. The first-order valence-electron chi connectivity index (χ1n) is 21.0. The summed E-state index contributed by atoms with van der Waals surface area (Å²) in [5, 5.41) is 70.3. The number of amides is 3. The third-order valence-electron chi connectivity index (χ3n) is 10.7. The number of nitrogens with one attached hydrogen (secondary N) is 5. The number of thiocarbonyl (C=S) groups is 1. The molecule has 3 atom stereocenters. The number of aromatic hydroxyl groups is 2. The Hall–Kier alpha value is -8.06. The normalized spacial score (nSPS) is 14.1. The Bertz CT molecular complexity index is 2550. The van der Waals surface area contributed by atoms with Crippen LogP contribution in [0.5, 0.6) is 23.0 Å². The molecule has 0 unspecified atom stereocenters. The lowest BCUT2D eigenvalue weighted by atomic mass is 9.77. The van der Waals surface area contributed by atoms with E-state index in [0.29, 0.717) is 28.1 Å². The van der Waals surface area contributed by atoms with Gasteiger partial charge in [0.25, 0.3) is 0 Å². The molecule has 0 bridgehead atoms. The molecule has 0 saturated heterocycles. The molecular weight excluding hydrogens is 915 g/mol. The first kappa shape index (κ1) is 49.4. The number of aliphatic carboxylic acids is 3. The number of carbonyl (C=O) groups is 7. The standard InChI is InChI=1S/C43H47N9O15S/c44-35(55)11-9-31(38(59)60)48-32(39(61)62)10-12-36(56)49-30(37(57)58)2-1-16-52-21-23(50-51-52)13-17-65-42(64)46-15-14-45-41(68)47-22-3-6-27-26(18-22)40(63)67-43(27)28-7-4-24(53)19-33(28)66-34-20-25(54)5-8-29(34)43/h3-8,18-21,30-32,48,53-54H,1-2,9-17H2,(H2,44,55)(H,46,64)(H,49,56)(H,57,58)(H,59,60)(H,61,62)(H2,45,47,68)/t30-,31-,32-/m0/s1. The van der Waals surface area contributed by atoms with Gasteiger partial charge in [-0.3, -0.25) is 29.2 Å². The molecule has 25 heteroatoms. The second kappa shape index (κ2) is 22.0. The monoisotopic (exact) mass is 961 g/mol. The van der Waals surface area contributed by atoms with Gasteiger partial charge in [0.15, 0.2) is 10.7 Å². The van der Waals surface area contributed by atoms with Crippen LogP contribution >= 0.6 is 12.2 Å². The van der Waals surface area contributed by atoms with Crippen LogP contribution in [0, 0.1) is 0 Å². The maximum absolute atomic E-state index is 13.4. The van der Waals surface area contributed by atoms with Gasteiger partial charge in [-0.05, 0) is 74.3 Å². The number of alkyl carbamates (subject to hydrolysis) is 1. The number of carboxylic acids is 3. The number of phenolic OH excluding ortho intramolecular Hbond substituents is 2. The van der Waals surface area contributed by atoms with Crippen LogP contribution in [0.15, 0.2) is 60.8 Å². The number of aryl methyl sites for hydroxylation is 1. The second-order valence-electron chi connectivity index (χ2n) is 15.6. The number of phenols is 2. The maximum atomic E-state index is 13.4. The minimum absolute atomic E-state index is 0.0150. The number of nitrogens with zero attached hydrogens (tertiary/aromatic N) is 3. The summed E-state index contributed by atoms with van der Waals surface area (Å²) in [6, 6.07) is 9.78. The highest BCUT2D eigenvalue weighted by atomic mass is 32.1. The number of rotatable bonds is 23. The van der Waals surface area contributed by atoms with Crippen molar-refractivity contribution in [2.45, 2.75) is 75.2 Å². The highest BCUT2D eigenvalue weighted by Gasteiger charge is 2.53. The molecule has 3 aromatic carbocycles. The quantitative estimate of drug-likeness (QED) is 0.0284. The van der Waals surface area contributed by atoms with E-state index in [0.717, 1.165) is 0 Å². The van der Waals surface area contributed by atoms with Crippen molar-refractivity contribution in [3.63, 3.8) is 0 Å². The van der Waals surface area contributed by atoms with Gasteiger partial charge in [0.1, 0.15) is 41.1 Å². The summed E-state index contributed by atoms with van der Waals surface area (Å²) in [4.78, 5) is 84.3. The zero-order chi connectivity index (χ0) is 49.1. The van der Waals surface area contributed by atoms with Crippen molar-refractivity contribution >= 4 is 64.8 Å². The minimum Gasteiger partial charge on any atom is -0.508 e. The summed E-state index contributed by atoms with van der Waals surface area (Å²) in [6.07, 6.45) is -0.0338. The van der Waals surface area contributed by atoms with Crippen molar-refractivity contribution in [1.82, 2.24) is 36.3 Å². The van der Waals surface area contributed by atoms with Gasteiger partial charge in [0, 0.05) is 79.6 Å². The van der Waals surface area contributed by atoms with E-state index < -0.39 is 71.9 Å². The Balaban J connectivity index is 0.882. The fraction of sp³-hybridized carbons (Fsp3) is 0.349. The van der Waals surface area contributed by atoms with Crippen LogP contribution in [0.25, 0.3) is 0 Å². The van der Waals surface area contributed by atoms with Crippen LogP contribution in [0.2, 0.25) is 0 Å². The second-order valence-corrected chi connectivity index (χ2v) is 16.0. The molecule has 3 amide bonds. The molecule has 4 aromatic rings. The zero-order valence-electron chi connectivity index (χ0n) is 35.9. The SMILES string of the molecule is NC(=O)CC[C@H](N[C@@H](CCC(=O)N[C@@H](CCCn1cc(CCOC(=O)NCCNC(=S)Nc2ccc3c(c2)C(=O)OC32c3ccc(O)cc3Oc3cc(O)ccc32)nn1)C(=O)O)C(=O)O)C(=O)O. The number of carbonyl (C=O) groups excluding carboxylic acids is 4. The number of primary amides is 1. The molecule has 1 aromatic heterocycles. The first-order valence-corrected chi connectivity index (χ1v) is 21.4. The largest absolute Gasteiger partial charge is 0.508 e. The molecule has 0 radical (unpaired) electrons. The fourth-order valence-corrected chi connectivity index (χ4v) is 7.72. The molecule has 2 aliphatic rings. The number of nitrogens with two attached hydrogens (primary N) is 1. The summed E-state index contributed by atoms with van der Waals surface area (Å²) >= 11 is 5.42. The third kappa shape index (κ3) is 12.2. The Morgan fingerprint density at radius 2 is 1.43 bits per heavy atom. The van der Waals surface area contributed by atoms with E-state index in [2.05, 4.69) is 36.9 Å². The average Bonchev–Trinajstić information content (AvgIpc) is 3.85. The Labute approximate surface area is 391 Å². The molecule has 0 aliphatic carbocycles. The molecule has 2 aliphatic heterocycles. The van der Waals surface area contributed by atoms with Gasteiger partial charge in [-0.15, -0.1) is 5.10 Å². The van der Waals surface area contributed by atoms with E-state index in [9.17, 15) is 59.1 Å². The van der Waals surface area contributed by atoms with Gasteiger partial charge in [-0.25, -0.2) is 14.4 Å². The molecule has 0 fully saturated rings. The number of anilines is 1. The van der Waals surface area contributed by atoms with Crippen LogP contribution in [-0.2, 0) is 52.0 Å². The molecule has 24 nitrogen and oxygen atoms in total. The number of carboxylic acid groups (broad SMARTS) is 3. The van der Waals surface area contributed by atoms with E-state index in [1.165, 1.54) is 28.9 Å². The molecule has 1 spiro atoms. The smallest absolute Gasteiger partial charge is 0.407 e. The van der Waals surface area contributed by atoms with Crippen molar-refractivity contribution < 1.29 is 73.3 Å². The Morgan fingerprint density at radius 1 is 0.809 bits per heavy atom. The highest BCUT2D eigenvalue weighted by Crippen LogP contribution is 2.57. The first-order chi connectivity index (χ1) is 32.4. The molecular formula is C43H47N9O15S. The average molecular weight is 962 g/mol. The molecule has 6 rings (SSSR count). The summed E-state index contributed by atoms with van der Waals surface area (Å²) < 4.78 is 18.8. The van der Waals surface area contributed by atoms with Crippen LogP contribution in [0.1, 0.15) is 71.3 Å². The van der Waals surface area contributed by atoms with Crippen molar-refractivity contribution in [3.05, 3.63) is 88.7 Å². The van der Waals surface area contributed by atoms with Crippen molar-refractivity contribution in [3.8, 4) is 23.0 Å². The number of benzene rings is 3. The summed E-state index contributed by atoms with van der Waals surface area (Å²) in [7, 11) is 0. The summed E-state index contributed by atoms with van der Waals surface area (Å²) in [6.45, 7) is 0.532. The molecule has 360 valence electrons. The van der Waals surface area contributed by atoms with Gasteiger partial charge >= 0.3 is 30.0 Å². The van der Waals surface area contributed by atoms with E-state index in [4.69, 9.17) is 32.2 Å². The van der Waals surface area contributed by atoms with Gasteiger partial charge in [0.05, 0.1) is 17.9 Å². The summed E-state index contributed by atoms with van der Waals surface area (Å²) in [5.41, 5.74) is 6.35. The van der Waals surface area contributed by atoms with Gasteiger partial charge in [-0.1, -0.05) is 11.3 Å². The number of hydrogen-bond acceptors (Lipinski definition) is 16. The van der Waals surface area contributed by atoms with Crippen LogP contribution < -0.4 is 37.1 Å². The van der Waals surface area contributed by atoms with E-state index >= 15 is 0 Å². The van der Waals surface area contributed by atoms with Gasteiger partial charge in [0.2, 0.25) is 11.8 Å². The van der Waals surface area contributed by atoms with Crippen molar-refractivity contribution in [2.24, 2.45) is 5.73 Å². The van der Waals surface area contributed by atoms with Crippen molar-refractivity contribution in [1.29, 1.82) is 0 Å². The van der Waals surface area contributed by atoms with Crippen LogP contribution in [0.3, 0.4) is 0 Å². The lowest BCUT2D eigenvalue weighted by Gasteiger charge is -2.36. The number of aromatic nitrogens is 3. The summed E-state index contributed by atoms with van der Waals surface area (Å²) in [5.74, 6) is -5.93. The minimum atomic E-state index is -1.47. The highest BCUT2D eigenvalue weighted by molar-refractivity contribution is 7.80. The van der Waals surface area contributed by atoms with Gasteiger partial charge < -0.3 is 66.7 Å². The maximum Gasteiger partial charge on any atom is 0.407 e. The van der Waals surface area contributed by atoms with E-state index in [1.54, 1.807) is 36.5 Å². The molecule has 3 heterocycles. The van der Waals surface area contributed by atoms with Crippen molar-refractivity contribution in [2.75, 3.05) is 25.0 Å². The predicted octanol–water partition coefficient (Wildman–Crippen LogP) is 1.40. The Kier molecular flexibility index (Phi) is 15.9. The van der Waals surface area contributed by atoms with E-state index in [1.807, 2.05) is 0 Å². The van der Waals surface area contributed by atoms with E-state index in [-0.39, 0.29) is 98.4 Å². The molecule has 0 saturated carbocycles.